The predicted molar refractivity (Wildman–Crippen MR) is 62.7 cm³/mol. The maximum absolute atomic E-state index is 11.8. The molecule has 1 unspecified atom stereocenters. The Bertz CT molecular complexity index is 216. The van der Waals surface area contributed by atoms with Crippen molar-refractivity contribution in [3.63, 3.8) is 0 Å². The van der Waals surface area contributed by atoms with Crippen molar-refractivity contribution in [2.24, 2.45) is 0 Å². The number of amides is 1. The number of rotatable bonds is 5. The van der Waals surface area contributed by atoms with Crippen molar-refractivity contribution in [2.45, 2.75) is 38.1 Å². The van der Waals surface area contributed by atoms with E-state index in [4.69, 9.17) is 0 Å². The molecule has 1 saturated heterocycles. The van der Waals surface area contributed by atoms with Gasteiger partial charge in [-0.3, -0.25) is 4.79 Å². The van der Waals surface area contributed by atoms with E-state index in [9.17, 15) is 4.79 Å². The molecule has 3 heteroatoms. The number of nitrogens with one attached hydrogen (secondary N) is 1. The Kier molecular flexibility index (Phi) is 5.40. The molecule has 1 amide bonds. The Morgan fingerprint density at radius 3 is 3.13 bits per heavy atom. The summed E-state index contributed by atoms with van der Waals surface area (Å²) in [5.41, 5.74) is 0. The molecular formula is C12H22N2O. The van der Waals surface area contributed by atoms with Crippen molar-refractivity contribution >= 4 is 5.91 Å². The zero-order valence-corrected chi connectivity index (χ0v) is 9.67. The fourth-order valence-electron chi connectivity index (χ4n) is 2.00. The van der Waals surface area contributed by atoms with Gasteiger partial charge in [-0.1, -0.05) is 6.08 Å². The van der Waals surface area contributed by atoms with Gasteiger partial charge in [-0.15, -0.1) is 6.58 Å². The van der Waals surface area contributed by atoms with Crippen LogP contribution in [-0.4, -0.2) is 37.0 Å². The third-order valence-electron chi connectivity index (χ3n) is 2.98. The molecule has 0 saturated carbocycles. The SMILES string of the molecule is C=CCCCC(=O)N1CCCC(NC)C1. The molecule has 1 rings (SSSR count). The van der Waals surface area contributed by atoms with Gasteiger partial charge < -0.3 is 10.2 Å². The van der Waals surface area contributed by atoms with E-state index in [1.807, 2.05) is 18.0 Å². The van der Waals surface area contributed by atoms with Crippen molar-refractivity contribution in [1.29, 1.82) is 0 Å². The van der Waals surface area contributed by atoms with Gasteiger partial charge in [0.05, 0.1) is 0 Å². The lowest BCUT2D eigenvalue weighted by Gasteiger charge is -2.32. The highest BCUT2D eigenvalue weighted by Gasteiger charge is 2.21. The average molecular weight is 210 g/mol. The van der Waals surface area contributed by atoms with Crippen molar-refractivity contribution in [3.8, 4) is 0 Å². The van der Waals surface area contributed by atoms with Crippen LogP contribution in [0.4, 0.5) is 0 Å². The van der Waals surface area contributed by atoms with Crippen LogP contribution in [0.1, 0.15) is 32.1 Å². The molecule has 1 N–H and O–H groups in total. The van der Waals surface area contributed by atoms with Gasteiger partial charge in [-0.05, 0) is 32.7 Å². The number of carbonyl (C=O) groups excluding carboxylic acids is 1. The summed E-state index contributed by atoms with van der Waals surface area (Å²) in [5, 5.41) is 3.25. The molecule has 0 bridgehead atoms. The first-order valence-electron chi connectivity index (χ1n) is 5.84. The van der Waals surface area contributed by atoms with Gasteiger partial charge in [0.2, 0.25) is 5.91 Å². The van der Waals surface area contributed by atoms with Gasteiger partial charge in [-0.25, -0.2) is 0 Å². The number of carbonyl (C=O) groups is 1. The summed E-state index contributed by atoms with van der Waals surface area (Å²) in [6.45, 7) is 5.47. The van der Waals surface area contributed by atoms with Crippen molar-refractivity contribution < 1.29 is 4.79 Å². The van der Waals surface area contributed by atoms with Crippen LogP contribution in [0.25, 0.3) is 0 Å². The molecule has 3 nitrogen and oxygen atoms in total. The molecule has 86 valence electrons. The molecular weight excluding hydrogens is 188 g/mol. The number of likely N-dealkylation sites (N-methyl/N-ethyl adjacent to an activating group) is 1. The standard InChI is InChI=1S/C12H22N2O/c1-3-4-5-8-12(15)14-9-6-7-11(10-14)13-2/h3,11,13H,1,4-10H2,2H3. The molecule has 1 aliphatic heterocycles. The molecule has 0 aromatic heterocycles. The second kappa shape index (κ2) is 6.62. The van der Waals surface area contributed by atoms with E-state index in [1.165, 1.54) is 6.42 Å². The number of unbranched alkanes of at least 4 members (excludes halogenated alkanes) is 1. The molecule has 1 aliphatic rings. The van der Waals surface area contributed by atoms with Crippen molar-refractivity contribution in [1.82, 2.24) is 10.2 Å². The molecule has 1 atom stereocenters. The minimum Gasteiger partial charge on any atom is -0.341 e. The zero-order chi connectivity index (χ0) is 11.1. The molecule has 0 radical (unpaired) electrons. The van der Waals surface area contributed by atoms with Crippen LogP contribution in [0, 0.1) is 0 Å². The van der Waals surface area contributed by atoms with E-state index < -0.39 is 0 Å². The Morgan fingerprint density at radius 1 is 1.67 bits per heavy atom. The van der Waals surface area contributed by atoms with Crippen LogP contribution in [0.15, 0.2) is 12.7 Å². The Labute approximate surface area is 92.5 Å². The summed E-state index contributed by atoms with van der Waals surface area (Å²) in [7, 11) is 1.97. The smallest absolute Gasteiger partial charge is 0.222 e. The van der Waals surface area contributed by atoms with Crippen LogP contribution in [0.5, 0.6) is 0 Å². The molecule has 1 heterocycles. The highest BCUT2D eigenvalue weighted by molar-refractivity contribution is 5.76. The minimum absolute atomic E-state index is 0.303. The van der Waals surface area contributed by atoms with E-state index in [2.05, 4.69) is 11.9 Å². The Hall–Kier alpha value is -0.830. The van der Waals surface area contributed by atoms with Crippen LogP contribution in [0.2, 0.25) is 0 Å². The van der Waals surface area contributed by atoms with Gasteiger partial charge in [0.25, 0.3) is 0 Å². The molecule has 1 fully saturated rings. The molecule has 0 aliphatic carbocycles. The van der Waals surface area contributed by atoms with E-state index in [0.717, 1.165) is 32.4 Å². The second-order valence-corrected chi connectivity index (χ2v) is 4.15. The van der Waals surface area contributed by atoms with Crippen LogP contribution < -0.4 is 5.32 Å². The Balaban J connectivity index is 2.28. The summed E-state index contributed by atoms with van der Waals surface area (Å²) in [4.78, 5) is 13.8. The highest BCUT2D eigenvalue weighted by atomic mass is 16.2. The van der Waals surface area contributed by atoms with Crippen LogP contribution in [0.3, 0.4) is 0 Å². The maximum Gasteiger partial charge on any atom is 0.222 e. The monoisotopic (exact) mass is 210 g/mol. The lowest BCUT2D eigenvalue weighted by molar-refractivity contribution is -0.132. The predicted octanol–water partition coefficient (Wildman–Crippen LogP) is 1.55. The molecule has 0 aromatic carbocycles. The first-order valence-corrected chi connectivity index (χ1v) is 5.84. The van der Waals surface area contributed by atoms with Crippen molar-refractivity contribution in [2.75, 3.05) is 20.1 Å². The largest absolute Gasteiger partial charge is 0.341 e. The fraction of sp³-hybridized carbons (Fsp3) is 0.750. The van der Waals surface area contributed by atoms with Crippen LogP contribution in [-0.2, 0) is 4.79 Å². The van der Waals surface area contributed by atoms with Gasteiger partial charge in [0, 0.05) is 25.6 Å². The number of hydrogen-bond acceptors (Lipinski definition) is 2. The minimum atomic E-state index is 0.303. The normalized spacial score (nSPS) is 21.4. The molecule has 15 heavy (non-hydrogen) atoms. The van der Waals surface area contributed by atoms with E-state index in [0.29, 0.717) is 18.4 Å². The summed E-state index contributed by atoms with van der Waals surface area (Å²) < 4.78 is 0. The quantitative estimate of drug-likeness (QED) is 0.551. The zero-order valence-electron chi connectivity index (χ0n) is 9.67. The van der Waals surface area contributed by atoms with E-state index in [-0.39, 0.29) is 0 Å². The number of hydrogen-bond donors (Lipinski definition) is 1. The third kappa shape index (κ3) is 4.04. The lowest BCUT2D eigenvalue weighted by atomic mass is 10.1. The molecule has 0 aromatic rings. The first-order chi connectivity index (χ1) is 7.27. The number of nitrogens with zero attached hydrogens (tertiary/aromatic N) is 1. The average Bonchev–Trinajstić information content (AvgIpc) is 2.29. The van der Waals surface area contributed by atoms with Gasteiger partial charge in [0.1, 0.15) is 0 Å². The summed E-state index contributed by atoms with van der Waals surface area (Å²) in [5.74, 6) is 0.303. The maximum atomic E-state index is 11.8. The summed E-state index contributed by atoms with van der Waals surface area (Å²) in [6, 6.07) is 0.488. The first kappa shape index (κ1) is 12.2. The second-order valence-electron chi connectivity index (χ2n) is 4.15. The van der Waals surface area contributed by atoms with Gasteiger partial charge in [0.15, 0.2) is 0 Å². The highest BCUT2D eigenvalue weighted by Crippen LogP contribution is 2.12. The van der Waals surface area contributed by atoms with Crippen LogP contribution >= 0.6 is 0 Å². The van der Waals surface area contributed by atoms with E-state index in [1.54, 1.807) is 0 Å². The third-order valence-corrected chi connectivity index (χ3v) is 2.98. The summed E-state index contributed by atoms with van der Waals surface area (Å²) >= 11 is 0. The number of allylic oxidation sites excluding steroid dienone is 1. The lowest BCUT2D eigenvalue weighted by Crippen LogP contribution is -2.46. The molecule has 0 spiro atoms. The topological polar surface area (TPSA) is 32.3 Å². The van der Waals surface area contributed by atoms with E-state index >= 15 is 0 Å². The van der Waals surface area contributed by atoms with Gasteiger partial charge in [-0.2, -0.15) is 0 Å². The number of piperidine rings is 1. The van der Waals surface area contributed by atoms with Crippen molar-refractivity contribution in [3.05, 3.63) is 12.7 Å². The van der Waals surface area contributed by atoms with Gasteiger partial charge >= 0.3 is 0 Å². The number of likely N-dealkylation sites (tertiary alicyclic amines) is 1. The summed E-state index contributed by atoms with van der Waals surface area (Å²) in [6.07, 6.45) is 6.73. The fourth-order valence-corrected chi connectivity index (χ4v) is 2.00. The Morgan fingerprint density at radius 2 is 2.47 bits per heavy atom.